The second-order valence-corrected chi connectivity index (χ2v) is 5.49. The van der Waals surface area contributed by atoms with Crippen LogP contribution in [-0.2, 0) is 28.4 Å². The zero-order valence-corrected chi connectivity index (χ0v) is 16.5. The minimum Gasteiger partial charge on any atom is -0.499 e. The van der Waals surface area contributed by atoms with Gasteiger partial charge in [0.05, 0.1) is 78.0 Å². The van der Waals surface area contributed by atoms with E-state index in [1.165, 1.54) is 6.26 Å². The Morgan fingerprint density at radius 1 is 0.643 bits per heavy atom. The minimum absolute atomic E-state index is 0.449. The van der Waals surface area contributed by atoms with Crippen LogP contribution >= 0.6 is 0 Å². The molecule has 0 aliphatic rings. The molecule has 1 aromatic carbocycles. The van der Waals surface area contributed by atoms with E-state index in [4.69, 9.17) is 38.9 Å². The maximum absolute atomic E-state index is 5.78. The molecule has 0 atom stereocenters. The lowest BCUT2D eigenvalue weighted by atomic mass is 10.3. The third-order valence-electron chi connectivity index (χ3n) is 3.36. The lowest BCUT2D eigenvalue weighted by Crippen LogP contribution is -2.14. The smallest absolute Gasteiger partial charge is 0.142 e. The van der Waals surface area contributed by atoms with Crippen LogP contribution in [0.5, 0.6) is 5.75 Å². The number of rotatable bonds is 20. The molecule has 1 rings (SSSR count). The largest absolute Gasteiger partial charge is 0.499 e. The molecule has 0 saturated heterocycles. The van der Waals surface area contributed by atoms with Crippen LogP contribution in [0.1, 0.15) is 0 Å². The van der Waals surface area contributed by atoms with Crippen molar-refractivity contribution in [2.24, 2.45) is 0 Å². The molecule has 28 heavy (non-hydrogen) atoms. The number of ether oxygens (including phenoxy) is 7. The Morgan fingerprint density at radius 2 is 1.07 bits per heavy atom. The van der Waals surface area contributed by atoms with E-state index >= 15 is 0 Å². The van der Waals surface area contributed by atoms with Gasteiger partial charge in [-0.3, -0.25) is 0 Å². The van der Waals surface area contributed by atoms with E-state index in [0.29, 0.717) is 90.7 Å². The molecule has 0 spiro atoms. The number of anilines is 1. The fourth-order valence-corrected chi connectivity index (χ4v) is 1.99. The SMILES string of the molecule is C=COCCOCCOCCOCCOCCOCCOc1ccccc1N. The molecule has 0 saturated carbocycles. The van der Waals surface area contributed by atoms with Crippen molar-refractivity contribution in [3.63, 3.8) is 0 Å². The van der Waals surface area contributed by atoms with E-state index in [2.05, 4.69) is 6.58 Å². The standard InChI is InChI=1S/C20H33NO7/c1-2-22-7-8-23-9-10-24-11-12-25-13-14-26-15-16-27-17-18-28-20-6-4-3-5-19(20)21/h2-6H,1,7-18,21H2. The molecule has 8 nitrogen and oxygen atoms in total. The summed E-state index contributed by atoms with van der Waals surface area (Å²) in [6.45, 7) is 9.61. The Morgan fingerprint density at radius 3 is 1.54 bits per heavy atom. The second-order valence-electron chi connectivity index (χ2n) is 5.49. The van der Waals surface area contributed by atoms with Gasteiger partial charge in [-0.25, -0.2) is 0 Å². The summed E-state index contributed by atoms with van der Waals surface area (Å²) in [5.41, 5.74) is 6.41. The average Bonchev–Trinajstić information content (AvgIpc) is 2.71. The number of hydrogen-bond donors (Lipinski definition) is 1. The van der Waals surface area contributed by atoms with Crippen molar-refractivity contribution >= 4 is 5.69 Å². The van der Waals surface area contributed by atoms with E-state index in [1.54, 1.807) is 6.07 Å². The van der Waals surface area contributed by atoms with Crippen molar-refractivity contribution in [3.8, 4) is 5.75 Å². The lowest BCUT2D eigenvalue weighted by molar-refractivity contribution is -0.0150. The van der Waals surface area contributed by atoms with Gasteiger partial charge < -0.3 is 38.9 Å². The maximum Gasteiger partial charge on any atom is 0.142 e. The molecular weight excluding hydrogens is 366 g/mol. The predicted octanol–water partition coefficient (Wildman–Crippen LogP) is 1.89. The van der Waals surface area contributed by atoms with E-state index in [9.17, 15) is 0 Å². The molecule has 0 heterocycles. The normalized spacial score (nSPS) is 10.7. The number of nitrogen functional groups attached to an aromatic ring is 1. The van der Waals surface area contributed by atoms with Gasteiger partial charge in [0.25, 0.3) is 0 Å². The Kier molecular flexibility index (Phi) is 16.0. The minimum atomic E-state index is 0.449. The zero-order chi connectivity index (χ0) is 20.1. The van der Waals surface area contributed by atoms with E-state index in [-0.39, 0.29) is 0 Å². The molecule has 0 amide bonds. The van der Waals surface area contributed by atoms with Gasteiger partial charge in [0.2, 0.25) is 0 Å². The molecule has 0 radical (unpaired) electrons. The van der Waals surface area contributed by atoms with Crippen molar-refractivity contribution in [3.05, 3.63) is 37.1 Å². The monoisotopic (exact) mass is 399 g/mol. The highest BCUT2D eigenvalue weighted by Crippen LogP contribution is 2.19. The first kappa shape index (κ1) is 24.2. The van der Waals surface area contributed by atoms with Crippen molar-refractivity contribution in [1.82, 2.24) is 0 Å². The average molecular weight is 399 g/mol. The summed E-state index contributed by atoms with van der Waals surface area (Å²) < 4.78 is 37.4. The highest BCUT2D eigenvalue weighted by molar-refractivity contribution is 5.51. The molecule has 160 valence electrons. The summed E-state index contributed by atoms with van der Waals surface area (Å²) in [5.74, 6) is 0.675. The summed E-state index contributed by atoms with van der Waals surface area (Å²) in [5, 5.41) is 0. The van der Waals surface area contributed by atoms with Gasteiger partial charge in [-0.2, -0.15) is 0 Å². The summed E-state index contributed by atoms with van der Waals surface area (Å²) in [6.07, 6.45) is 1.40. The van der Waals surface area contributed by atoms with Crippen LogP contribution in [0.25, 0.3) is 0 Å². The summed E-state index contributed by atoms with van der Waals surface area (Å²) in [6, 6.07) is 7.38. The Bertz CT molecular complexity index is 487. The quantitative estimate of drug-likeness (QED) is 0.202. The van der Waals surface area contributed by atoms with Crippen LogP contribution in [0, 0.1) is 0 Å². The molecule has 0 fully saturated rings. The van der Waals surface area contributed by atoms with Gasteiger partial charge in [0.15, 0.2) is 0 Å². The maximum atomic E-state index is 5.78. The molecule has 0 aromatic heterocycles. The van der Waals surface area contributed by atoms with Crippen molar-refractivity contribution in [1.29, 1.82) is 0 Å². The fourth-order valence-electron chi connectivity index (χ4n) is 1.99. The Hall–Kier alpha value is -1.84. The Labute approximate surface area is 167 Å². The summed E-state index contributed by atoms with van der Waals surface area (Å²) in [4.78, 5) is 0. The van der Waals surface area contributed by atoms with Crippen molar-refractivity contribution in [2.75, 3.05) is 85.0 Å². The van der Waals surface area contributed by atoms with E-state index in [0.717, 1.165) is 0 Å². The van der Waals surface area contributed by atoms with Crippen LogP contribution in [0.3, 0.4) is 0 Å². The molecule has 1 aromatic rings. The summed E-state index contributed by atoms with van der Waals surface area (Å²) >= 11 is 0. The van der Waals surface area contributed by atoms with Crippen LogP contribution < -0.4 is 10.5 Å². The molecule has 0 unspecified atom stereocenters. The van der Waals surface area contributed by atoms with E-state index in [1.807, 2.05) is 18.2 Å². The predicted molar refractivity (Wildman–Crippen MR) is 107 cm³/mol. The molecule has 8 heteroatoms. The van der Waals surface area contributed by atoms with Gasteiger partial charge >= 0.3 is 0 Å². The molecule has 0 bridgehead atoms. The number of nitrogens with two attached hydrogens (primary N) is 1. The first-order valence-electron chi connectivity index (χ1n) is 9.43. The second kappa shape index (κ2) is 18.5. The zero-order valence-electron chi connectivity index (χ0n) is 16.5. The van der Waals surface area contributed by atoms with Crippen LogP contribution in [0.2, 0.25) is 0 Å². The topological polar surface area (TPSA) is 90.6 Å². The van der Waals surface area contributed by atoms with Crippen LogP contribution in [0.15, 0.2) is 37.1 Å². The van der Waals surface area contributed by atoms with Gasteiger partial charge in [-0.05, 0) is 12.1 Å². The first-order valence-corrected chi connectivity index (χ1v) is 9.43. The molecular formula is C20H33NO7. The van der Waals surface area contributed by atoms with Gasteiger partial charge in [0.1, 0.15) is 19.0 Å². The van der Waals surface area contributed by atoms with Gasteiger partial charge in [-0.15, -0.1) is 0 Å². The van der Waals surface area contributed by atoms with Crippen molar-refractivity contribution in [2.45, 2.75) is 0 Å². The highest BCUT2D eigenvalue weighted by atomic mass is 16.6. The van der Waals surface area contributed by atoms with Gasteiger partial charge in [0, 0.05) is 0 Å². The van der Waals surface area contributed by atoms with Crippen molar-refractivity contribution < 1.29 is 33.2 Å². The van der Waals surface area contributed by atoms with Crippen LogP contribution in [0.4, 0.5) is 5.69 Å². The van der Waals surface area contributed by atoms with E-state index < -0.39 is 0 Å². The highest BCUT2D eigenvalue weighted by Gasteiger charge is 1.98. The third-order valence-corrected chi connectivity index (χ3v) is 3.36. The lowest BCUT2D eigenvalue weighted by Gasteiger charge is -2.09. The molecule has 2 N–H and O–H groups in total. The third kappa shape index (κ3) is 14.2. The molecule has 0 aliphatic heterocycles. The van der Waals surface area contributed by atoms with Crippen LogP contribution in [-0.4, -0.2) is 79.3 Å². The summed E-state index contributed by atoms with van der Waals surface area (Å²) in [7, 11) is 0. The fraction of sp³-hybridized carbons (Fsp3) is 0.600. The Balaban J connectivity index is 1.72. The number of para-hydroxylation sites is 2. The number of benzene rings is 1. The molecule has 0 aliphatic carbocycles. The van der Waals surface area contributed by atoms with Gasteiger partial charge in [-0.1, -0.05) is 18.7 Å². The first-order chi connectivity index (χ1) is 13.8. The number of hydrogen-bond acceptors (Lipinski definition) is 8.